The lowest BCUT2D eigenvalue weighted by Gasteiger charge is -2.20. The molecule has 2 N–H and O–H groups in total. The Balaban J connectivity index is 1.54. The highest BCUT2D eigenvalue weighted by atomic mass is 16.3. The minimum Gasteiger partial charge on any atom is -0.396 e. The van der Waals surface area contributed by atoms with Crippen LogP contribution in [0.25, 0.3) is 28.2 Å². The fourth-order valence-corrected chi connectivity index (χ4v) is 4.39. The molecular formula is C23H26N6O2. The number of nitrogens with zero attached hydrogens (tertiary/aromatic N) is 5. The van der Waals surface area contributed by atoms with Crippen molar-refractivity contribution in [3.05, 3.63) is 59.3 Å². The molecule has 3 aromatic heterocycles. The van der Waals surface area contributed by atoms with Gasteiger partial charge in [-0.25, -0.2) is 9.38 Å². The normalized spacial score (nSPS) is 18.4. The summed E-state index contributed by atoms with van der Waals surface area (Å²) < 4.78 is 3.44. The van der Waals surface area contributed by atoms with Gasteiger partial charge in [0.1, 0.15) is 0 Å². The Kier molecular flexibility index (Phi) is 4.86. The van der Waals surface area contributed by atoms with Gasteiger partial charge in [0, 0.05) is 37.5 Å². The van der Waals surface area contributed by atoms with Gasteiger partial charge in [-0.2, -0.15) is 4.98 Å². The molecule has 4 aromatic rings. The molecule has 0 spiro atoms. The number of allylic oxidation sites excluding steroid dienone is 1. The number of aromatic nitrogens is 5. The molecule has 0 aliphatic heterocycles. The van der Waals surface area contributed by atoms with Crippen LogP contribution >= 0.6 is 0 Å². The van der Waals surface area contributed by atoms with Gasteiger partial charge in [-0.3, -0.25) is 4.79 Å². The van der Waals surface area contributed by atoms with E-state index in [4.69, 9.17) is 4.98 Å². The van der Waals surface area contributed by atoms with Gasteiger partial charge in [0.15, 0.2) is 11.2 Å². The summed E-state index contributed by atoms with van der Waals surface area (Å²) in [6.07, 6.45) is 8.28. The van der Waals surface area contributed by atoms with Crippen molar-refractivity contribution in [1.82, 2.24) is 23.9 Å². The predicted molar refractivity (Wildman–Crippen MR) is 121 cm³/mol. The molecule has 0 saturated carbocycles. The largest absolute Gasteiger partial charge is 0.396 e. The fourth-order valence-electron chi connectivity index (χ4n) is 4.39. The van der Waals surface area contributed by atoms with E-state index in [1.54, 1.807) is 12.5 Å². The van der Waals surface area contributed by atoms with Gasteiger partial charge in [0.25, 0.3) is 5.56 Å². The second-order valence-corrected chi connectivity index (χ2v) is 7.95. The van der Waals surface area contributed by atoms with Crippen LogP contribution in [0.1, 0.15) is 26.3 Å². The molecule has 0 radical (unpaired) electrons. The van der Waals surface area contributed by atoms with E-state index >= 15 is 0 Å². The Morgan fingerprint density at radius 1 is 1.19 bits per heavy atom. The van der Waals surface area contributed by atoms with E-state index in [0.29, 0.717) is 16.9 Å². The van der Waals surface area contributed by atoms with Crippen LogP contribution < -0.4 is 10.5 Å². The minimum absolute atomic E-state index is 0.0403. The van der Waals surface area contributed by atoms with Crippen LogP contribution in [0.3, 0.4) is 0 Å². The summed E-state index contributed by atoms with van der Waals surface area (Å²) in [5.41, 5.74) is 3.71. The van der Waals surface area contributed by atoms with E-state index in [2.05, 4.69) is 53.0 Å². The van der Waals surface area contributed by atoms with Crippen molar-refractivity contribution in [2.24, 2.45) is 5.92 Å². The van der Waals surface area contributed by atoms with E-state index < -0.39 is 0 Å². The number of imidazole rings is 2. The molecule has 0 fully saturated rings. The zero-order chi connectivity index (χ0) is 21.5. The van der Waals surface area contributed by atoms with Crippen LogP contribution in [-0.2, 0) is 0 Å². The molecule has 1 aliphatic rings. The highest BCUT2D eigenvalue weighted by molar-refractivity contribution is 5.73. The van der Waals surface area contributed by atoms with E-state index in [0.717, 1.165) is 30.8 Å². The lowest BCUT2D eigenvalue weighted by Crippen LogP contribution is -2.21. The zero-order valence-electron chi connectivity index (χ0n) is 17.7. The molecule has 0 saturated heterocycles. The number of hydrogen-bond acceptors (Lipinski definition) is 5. The molecule has 2 atom stereocenters. The summed E-state index contributed by atoms with van der Waals surface area (Å²) in [6.45, 7) is 6.32. The maximum absolute atomic E-state index is 13.1. The summed E-state index contributed by atoms with van der Waals surface area (Å²) in [5, 5.41) is 9.41. The molecule has 8 nitrogen and oxygen atoms in total. The van der Waals surface area contributed by atoms with Crippen LogP contribution in [0.2, 0.25) is 0 Å². The molecule has 0 unspecified atom stereocenters. The maximum atomic E-state index is 13.1. The Hall–Kier alpha value is -3.39. The number of H-pyrrole nitrogens is 1. The second kappa shape index (κ2) is 7.70. The van der Waals surface area contributed by atoms with Crippen molar-refractivity contribution < 1.29 is 5.11 Å². The van der Waals surface area contributed by atoms with Gasteiger partial charge in [0.05, 0.1) is 18.1 Å². The Bertz CT molecular complexity index is 1310. The van der Waals surface area contributed by atoms with Gasteiger partial charge in [-0.15, -0.1) is 0 Å². The van der Waals surface area contributed by atoms with E-state index in [-0.39, 0.29) is 24.1 Å². The molecule has 160 valence electrons. The SMILES string of the molecule is CCN(CC)c1ccc(-c2cn3c(=O)c4ncn([C@H]5C=C[C@@H](CO)C5)c4nc3[nH]2)cc1. The number of aliphatic hydroxyl groups excluding tert-OH is 1. The first kappa shape index (κ1) is 19.6. The van der Waals surface area contributed by atoms with Crippen molar-refractivity contribution in [3.8, 4) is 11.3 Å². The van der Waals surface area contributed by atoms with Crippen LogP contribution in [-0.4, -0.2) is 48.7 Å². The standard InChI is InChI=1S/C23H26N6O2/c1-3-27(4-2)17-9-6-16(7-10-17)19-12-28-22(31)20-21(26-23(28)25-19)29(14-24-20)18-8-5-15(11-18)13-30/h5-10,12,14-15,18,30H,3-4,11,13H2,1-2H3,(H,25,26)/t15-,18+/m1/s1. The summed E-state index contributed by atoms with van der Waals surface area (Å²) in [6, 6.07) is 8.35. The average molecular weight is 419 g/mol. The molecule has 3 heterocycles. The first-order chi connectivity index (χ1) is 15.1. The number of fused-ring (bicyclic) bond motifs is 2. The number of anilines is 1. The fraction of sp³-hybridized carbons (Fsp3) is 0.348. The van der Waals surface area contributed by atoms with Gasteiger partial charge >= 0.3 is 0 Å². The average Bonchev–Trinajstić information content (AvgIpc) is 3.53. The minimum atomic E-state index is -0.193. The van der Waals surface area contributed by atoms with E-state index in [1.807, 2.05) is 16.7 Å². The van der Waals surface area contributed by atoms with Crippen molar-refractivity contribution in [3.63, 3.8) is 0 Å². The van der Waals surface area contributed by atoms with E-state index in [9.17, 15) is 9.90 Å². The Labute approximate surface area is 179 Å². The summed E-state index contributed by atoms with van der Waals surface area (Å²) in [7, 11) is 0. The number of hydrogen-bond donors (Lipinski definition) is 2. The highest BCUT2D eigenvalue weighted by Crippen LogP contribution is 2.29. The smallest absolute Gasteiger partial charge is 0.287 e. The molecule has 31 heavy (non-hydrogen) atoms. The summed E-state index contributed by atoms with van der Waals surface area (Å²) in [4.78, 5) is 27.7. The van der Waals surface area contributed by atoms with Crippen LogP contribution in [0.5, 0.6) is 0 Å². The predicted octanol–water partition coefficient (Wildman–Crippen LogP) is 3.00. The maximum Gasteiger partial charge on any atom is 0.287 e. The van der Waals surface area contributed by atoms with Crippen molar-refractivity contribution >= 4 is 22.6 Å². The first-order valence-electron chi connectivity index (χ1n) is 10.7. The van der Waals surface area contributed by atoms with Crippen LogP contribution in [0.4, 0.5) is 5.69 Å². The number of rotatable bonds is 6. The van der Waals surface area contributed by atoms with Crippen LogP contribution in [0, 0.1) is 5.92 Å². The molecule has 1 aromatic carbocycles. The first-order valence-corrected chi connectivity index (χ1v) is 10.7. The monoisotopic (exact) mass is 418 g/mol. The lowest BCUT2D eigenvalue weighted by atomic mass is 10.1. The second-order valence-electron chi connectivity index (χ2n) is 7.95. The number of nitrogens with one attached hydrogen (secondary N) is 1. The van der Waals surface area contributed by atoms with Crippen molar-refractivity contribution in [2.75, 3.05) is 24.6 Å². The van der Waals surface area contributed by atoms with E-state index in [1.165, 1.54) is 10.1 Å². The molecule has 1 aliphatic carbocycles. The summed E-state index contributed by atoms with van der Waals surface area (Å²) in [5.74, 6) is 0.617. The topological polar surface area (TPSA) is 91.4 Å². The van der Waals surface area contributed by atoms with Gasteiger partial charge in [0.2, 0.25) is 5.78 Å². The van der Waals surface area contributed by atoms with Crippen LogP contribution in [0.15, 0.2) is 53.7 Å². The number of aliphatic hydroxyl groups is 1. The lowest BCUT2D eigenvalue weighted by molar-refractivity contribution is 0.244. The van der Waals surface area contributed by atoms with Gasteiger partial charge < -0.3 is 19.6 Å². The molecule has 0 bridgehead atoms. The third-order valence-corrected chi connectivity index (χ3v) is 6.18. The zero-order valence-corrected chi connectivity index (χ0v) is 17.7. The molecule has 0 amide bonds. The molecule has 8 heteroatoms. The number of aromatic amines is 1. The third kappa shape index (κ3) is 3.23. The summed E-state index contributed by atoms with van der Waals surface area (Å²) >= 11 is 0. The molecular weight excluding hydrogens is 392 g/mol. The molecule has 5 rings (SSSR count). The van der Waals surface area contributed by atoms with Gasteiger partial charge in [-0.05, 0) is 38.0 Å². The van der Waals surface area contributed by atoms with Crippen molar-refractivity contribution in [1.29, 1.82) is 0 Å². The number of benzene rings is 1. The third-order valence-electron chi connectivity index (χ3n) is 6.18. The van der Waals surface area contributed by atoms with Crippen molar-refractivity contribution in [2.45, 2.75) is 26.3 Å². The van der Waals surface area contributed by atoms with Gasteiger partial charge in [-0.1, -0.05) is 24.3 Å². The Morgan fingerprint density at radius 3 is 2.65 bits per heavy atom. The highest BCUT2D eigenvalue weighted by Gasteiger charge is 2.23. The quantitative estimate of drug-likeness (QED) is 0.470. The Morgan fingerprint density at radius 2 is 1.97 bits per heavy atom.